The van der Waals surface area contributed by atoms with E-state index in [-0.39, 0.29) is 17.7 Å². The number of carbonyl (C=O) groups excluding carboxylic acids is 2. The molecule has 1 fully saturated rings. The molecule has 0 aliphatic carbocycles. The molecule has 1 aliphatic rings. The predicted molar refractivity (Wildman–Crippen MR) is 118 cm³/mol. The van der Waals surface area contributed by atoms with E-state index in [0.717, 1.165) is 33.1 Å². The molecule has 0 spiro atoms. The second-order valence-corrected chi connectivity index (χ2v) is 10.0. The number of aromatic nitrogens is 2. The van der Waals surface area contributed by atoms with Gasteiger partial charge in [0.05, 0.1) is 5.92 Å². The maximum absolute atomic E-state index is 13.4. The summed E-state index contributed by atoms with van der Waals surface area (Å²) in [6.07, 6.45) is 1.62. The SMILES string of the molecule is Cc1nnc(SCc2c(C(=O)N3CCCC(C(=O)N(C)C)C3)oc3ccccc23)s1. The highest BCUT2D eigenvalue weighted by Crippen LogP contribution is 2.34. The summed E-state index contributed by atoms with van der Waals surface area (Å²) < 4.78 is 6.88. The lowest BCUT2D eigenvalue weighted by Crippen LogP contribution is -2.45. The second kappa shape index (κ2) is 8.77. The lowest BCUT2D eigenvalue weighted by atomic mass is 9.96. The van der Waals surface area contributed by atoms with Gasteiger partial charge in [0.2, 0.25) is 5.91 Å². The Bertz CT molecular complexity index is 1080. The molecule has 1 aromatic carbocycles. The average Bonchev–Trinajstić information content (AvgIpc) is 3.34. The third-order valence-electron chi connectivity index (χ3n) is 5.24. The van der Waals surface area contributed by atoms with Gasteiger partial charge >= 0.3 is 0 Å². The van der Waals surface area contributed by atoms with E-state index in [9.17, 15) is 9.59 Å². The monoisotopic (exact) mass is 444 g/mol. The predicted octanol–water partition coefficient (Wildman–Crippen LogP) is 3.83. The topological polar surface area (TPSA) is 79.5 Å². The van der Waals surface area contributed by atoms with Crippen LogP contribution in [0.4, 0.5) is 0 Å². The van der Waals surface area contributed by atoms with Gasteiger partial charge in [-0.3, -0.25) is 9.59 Å². The largest absolute Gasteiger partial charge is 0.451 e. The molecular formula is C21H24N4O3S2. The Morgan fingerprint density at radius 1 is 1.30 bits per heavy atom. The number of hydrogen-bond acceptors (Lipinski definition) is 7. The number of para-hydroxylation sites is 1. The molecule has 0 radical (unpaired) electrons. The summed E-state index contributed by atoms with van der Waals surface area (Å²) >= 11 is 3.09. The van der Waals surface area contributed by atoms with Gasteiger partial charge in [0, 0.05) is 43.9 Å². The number of hydrogen-bond donors (Lipinski definition) is 0. The van der Waals surface area contributed by atoms with Crippen molar-refractivity contribution in [1.29, 1.82) is 0 Å². The molecule has 0 N–H and O–H groups in total. The van der Waals surface area contributed by atoms with E-state index in [1.165, 1.54) is 11.3 Å². The van der Waals surface area contributed by atoms with Crippen LogP contribution in [-0.2, 0) is 10.5 Å². The van der Waals surface area contributed by atoms with Crippen LogP contribution in [-0.4, -0.2) is 59.0 Å². The first kappa shape index (κ1) is 20.9. The van der Waals surface area contributed by atoms with Gasteiger partial charge in [0.1, 0.15) is 10.6 Å². The molecule has 158 valence electrons. The molecule has 9 heteroatoms. The van der Waals surface area contributed by atoms with Gasteiger partial charge in [0.25, 0.3) is 5.91 Å². The fraction of sp³-hybridized carbons (Fsp3) is 0.429. The van der Waals surface area contributed by atoms with Gasteiger partial charge in [-0.05, 0) is 25.8 Å². The van der Waals surface area contributed by atoms with Crippen LogP contribution >= 0.6 is 23.1 Å². The molecule has 1 unspecified atom stereocenters. The minimum atomic E-state index is -0.163. The van der Waals surface area contributed by atoms with Crippen molar-refractivity contribution in [1.82, 2.24) is 20.0 Å². The summed E-state index contributed by atoms with van der Waals surface area (Å²) in [6.45, 7) is 2.98. The minimum Gasteiger partial charge on any atom is -0.451 e. The van der Waals surface area contributed by atoms with E-state index < -0.39 is 0 Å². The number of aryl methyl sites for hydroxylation is 1. The first-order valence-electron chi connectivity index (χ1n) is 9.87. The molecular weight excluding hydrogens is 420 g/mol. The molecule has 1 saturated heterocycles. The van der Waals surface area contributed by atoms with Crippen LogP contribution in [0, 0.1) is 12.8 Å². The van der Waals surface area contributed by atoms with Crippen LogP contribution in [0.2, 0.25) is 0 Å². The molecule has 1 aliphatic heterocycles. The zero-order valence-corrected chi connectivity index (χ0v) is 18.9. The molecule has 1 atom stereocenters. The zero-order chi connectivity index (χ0) is 21.3. The van der Waals surface area contributed by atoms with Crippen molar-refractivity contribution in [2.45, 2.75) is 29.9 Å². The average molecular weight is 445 g/mol. The van der Waals surface area contributed by atoms with Crippen molar-refractivity contribution < 1.29 is 14.0 Å². The lowest BCUT2D eigenvalue weighted by molar-refractivity contribution is -0.134. The molecule has 0 saturated carbocycles. The van der Waals surface area contributed by atoms with Crippen molar-refractivity contribution in [2.24, 2.45) is 5.92 Å². The van der Waals surface area contributed by atoms with Crippen LogP contribution < -0.4 is 0 Å². The first-order chi connectivity index (χ1) is 14.4. The second-order valence-electron chi connectivity index (χ2n) is 7.60. The highest BCUT2D eigenvalue weighted by molar-refractivity contribution is 8.00. The van der Waals surface area contributed by atoms with E-state index in [1.807, 2.05) is 31.2 Å². The van der Waals surface area contributed by atoms with E-state index in [2.05, 4.69) is 10.2 Å². The standard InChI is InChI=1S/C21H24N4O3S2/c1-13-22-23-21(30-13)29-12-16-15-8-4-5-9-17(15)28-18(16)20(27)25-10-6-7-14(11-25)19(26)24(2)3/h4-5,8-9,14H,6-7,10-12H2,1-3H3. The number of thioether (sulfide) groups is 1. The molecule has 7 nitrogen and oxygen atoms in total. The number of carbonyl (C=O) groups is 2. The van der Waals surface area contributed by atoms with Crippen LogP contribution in [0.5, 0.6) is 0 Å². The minimum absolute atomic E-state index is 0.0690. The molecule has 3 aromatic rings. The van der Waals surface area contributed by atoms with Gasteiger partial charge < -0.3 is 14.2 Å². The van der Waals surface area contributed by atoms with Gasteiger partial charge in [0.15, 0.2) is 10.1 Å². The highest BCUT2D eigenvalue weighted by Gasteiger charge is 2.32. The number of piperidine rings is 1. The smallest absolute Gasteiger partial charge is 0.289 e. The van der Waals surface area contributed by atoms with E-state index in [0.29, 0.717) is 30.2 Å². The van der Waals surface area contributed by atoms with E-state index >= 15 is 0 Å². The Morgan fingerprint density at radius 2 is 2.10 bits per heavy atom. The van der Waals surface area contributed by atoms with Crippen LogP contribution in [0.15, 0.2) is 33.0 Å². The van der Waals surface area contributed by atoms with Gasteiger partial charge in [-0.2, -0.15) is 0 Å². The maximum atomic E-state index is 13.4. The number of benzene rings is 1. The van der Waals surface area contributed by atoms with Crippen molar-refractivity contribution in [3.05, 3.63) is 40.6 Å². The molecule has 4 rings (SSSR count). The summed E-state index contributed by atoms with van der Waals surface area (Å²) in [7, 11) is 3.51. The summed E-state index contributed by atoms with van der Waals surface area (Å²) in [4.78, 5) is 29.2. The molecule has 30 heavy (non-hydrogen) atoms. The molecule has 0 bridgehead atoms. The molecule has 2 amide bonds. The fourth-order valence-corrected chi connectivity index (χ4v) is 5.60. The number of amides is 2. The normalized spacial score (nSPS) is 16.8. The third kappa shape index (κ3) is 4.22. The number of likely N-dealkylation sites (tertiary alicyclic amines) is 1. The lowest BCUT2D eigenvalue weighted by Gasteiger charge is -2.32. The zero-order valence-electron chi connectivity index (χ0n) is 17.3. The van der Waals surface area contributed by atoms with Crippen LogP contribution in [0.3, 0.4) is 0 Å². The Morgan fingerprint density at radius 3 is 2.83 bits per heavy atom. The highest BCUT2D eigenvalue weighted by atomic mass is 32.2. The summed E-state index contributed by atoms with van der Waals surface area (Å²) in [5, 5.41) is 10.1. The van der Waals surface area contributed by atoms with Gasteiger partial charge in [-0.1, -0.05) is 41.3 Å². The number of fused-ring (bicyclic) bond motifs is 1. The summed E-state index contributed by atoms with van der Waals surface area (Å²) in [5.41, 5.74) is 1.57. The third-order valence-corrected chi connectivity index (χ3v) is 7.24. The van der Waals surface area contributed by atoms with Crippen LogP contribution in [0.25, 0.3) is 11.0 Å². The van der Waals surface area contributed by atoms with Crippen LogP contribution in [0.1, 0.15) is 34.0 Å². The maximum Gasteiger partial charge on any atom is 0.289 e. The van der Waals surface area contributed by atoms with E-state index in [1.54, 1.807) is 35.7 Å². The summed E-state index contributed by atoms with van der Waals surface area (Å²) in [6, 6.07) is 7.70. The Kier molecular flexibility index (Phi) is 6.10. The van der Waals surface area contributed by atoms with Crippen molar-refractivity contribution in [3.63, 3.8) is 0 Å². The van der Waals surface area contributed by atoms with Crippen molar-refractivity contribution >= 4 is 45.9 Å². The van der Waals surface area contributed by atoms with Gasteiger partial charge in [-0.15, -0.1) is 10.2 Å². The number of nitrogens with zero attached hydrogens (tertiary/aromatic N) is 4. The molecule has 3 heterocycles. The summed E-state index contributed by atoms with van der Waals surface area (Å²) in [5.74, 6) is 0.693. The first-order valence-corrected chi connectivity index (χ1v) is 11.7. The number of furan rings is 1. The molecule has 2 aromatic heterocycles. The Balaban J connectivity index is 1.61. The van der Waals surface area contributed by atoms with Crippen molar-refractivity contribution in [3.8, 4) is 0 Å². The Hall–Kier alpha value is -2.39. The fourth-order valence-electron chi connectivity index (χ4n) is 3.76. The van der Waals surface area contributed by atoms with Crippen molar-refractivity contribution in [2.75, 3.05) is 27.2 Å². The quantitative estimate of drug-likeness (QED) is 0.557. The van der Waals surface area contributed by atoms with E-state index in [4.69, 9.17) is 4.42 Å². The Labute approximate surface area is 183 Å². The number of rotatable bonds is 5. The van der Waals surface area contributed by atoms with Gasteiger partial charge in [-0.25, -0.2) is 0 Å².